The molecule has 7 nitrogen and oxygen atoms in total. The Balaban J connectivity index is 2.85. The number of benzene rings is 1. The Labute approximate surface area is 159 Å². The molecule has 0 aliphatic heterocycles. The monoisotopic (exact) mass is 375 g/mol. The number of hydrogen-bond acceptors (Lipinski definition) is 6. The predicted molar refractivity (Wildman–Crippen MR) is 104 cm³/mol. The molecule has 0 aliphatic rings. The van der Waals surface area contributed by atoms with Gasteiger partial charge in [-0.05, 0) is 50.5 Å². The topological polar surface area (TPSA) is 87.0 Å². The van der Waals surface area contributed by atoms with Crippen LogP contribution in [0.1, 0.15) is 56.5 Å². The van der Waals surface area contributed by atoms with Gasteiger partial charge in [0.2, 0.25) is 0 Å². The summed E-state index contributed by atoms with van der Waals surface area (Å²) in [5, 5.41) is 11.0. The van der Waals surface area contributed by atoms with Crippen LogP contribution in [0.2, 0.25) is 0 Å². The number of hydrogen-bond donors (Lipinski definition) is 1. The summed E-state index contributed by atoms with van der Waals surface area (Å²) in [5.41, 5.74) is 1.10. The fourth-order valence-electron chi connectivity index (χ4n) is 2.88. The highest BCUT2D eigenvalue weighted by atomic mass is 16.6. The smallest absolute Gasteiger partial charge is 0.465 e. The van der Waals surface area contributed by atoms with E-state index < -0.39 is 24.8 Å². The van der Waals surface area contributed by atoms with Crippen molar-refractivity contribution in [2.45, 2.75) is 46.1 Å². The van der Waals surface area contributed by atoms with E-state index in [1.165, 1.54) is 18.8 Å². The van der Waals surface area contributed by atoms with E-state index in [0.29, 0.717) is 11.1 Å². The van der Waals surface area contributed by atoms with E-state index in [0.717, 1.165) is 10.9 Å². The van der Waals surface area contributed by atoms with Gasteiger partial charge in [0.15, 0.2) is 0 Å². The Morgan fingerprint density at radius 3 is 2.26 bits per heavy atom. The van der Waals surface area contributed by atoms with E-state index in [4.69, 9.17) is 14.1 Å². The Morgan fingerprint density at radius 2 is 1.78 bits per heavy atom. The fourth-order valence-corrected chi connectivity index (χ4v) is 2.88. The maximum atomic E-state index is 12.9. The van der Waals surface area contributed by atoms with E-state index in [2.05, 4.69) is 0 Å². The van der Waals surface area contributed by atoms with Gasteiger partial charge in [-0.1, -0.05) is 13.8 Å². The van der Waals surface area contributed by atoms with Gasteiger partial charge < -0.3 is 19.2 Å². The number of carbonyl (C=O) groups excluding carboxylic acids is 2. The maximum Gasteiger partial charge on any atom is 0.509 e. The molecule has 0 unspecified atom stereocenters. The van der Waals surface area contributed by atoms with Gasteiger partial charge in [0, 0.05) is 12.5 Å². The average molecular weight is 375 g/mol. The lowest BCUT2D eigenvalue weighted by molar-refractivity contribution is 0.0544. The second kappa shape index (κ2) is 7.74. The molecule has 0 aliphatic carbocycles. The standard InChI is InChI=1S/C19H26BNO6/c1-11(2)13-8-12(17(22)25-6)9-15-14(13)10-16(20(24)26-7)21(15)18(23)27-19(3,4)5/h8-11,24H,1-7H3. The normalized spacial score (nSPS) is 11.7. The Bertz CT molecular complexity index is 865. The first-order chi connectivity index (χ1) is 12.5. The number of nitrogens with zero attached hydrogens (tertiary/aromatic N) is 1. The molecule has 1 aromatic heterocycles. The second-order valence-corrected chi connectivity index (χ2v) is 7.62. The molecule has 0 atom stereocenters. The lowest BCUT2D eigenvalue weighted by Crippen LogP contribution is -2.42. The number of carbonyl (C=O) groups is 2. The third-order valence-corrected chi connectivity index (χ3v) is 4.08. The third-order valence-electron chi connectivity index (χ3n) is 4.08. The Kier molecular flexibility index (Phi) is 6.02. The Hall–Kier alpha value is -2.32. The summed E-state index contributed by atoms with van der Waals surface area (Å²) in [6.07, 6.45) is -0.666. The van der Waals surface area contributed by atoms with Gasteiger partial charge in [-0.3, -0.25) is 4.57 Å². The minimum absolute atomic E-state index is 0.0686. The van der Waals surface area contributed by atoms with Gasteiger partial charge >= 0.3 is 19.2 Å². The van der Waals surface area contributed by atoms with Crippen molar-refractivity contribution in [3.05, 3.63) is 29.3 Å². The van der Waals surface area contributed by atoms with Crippen molar-refractivity contribution in [3.63, 3.8) is 0 Å². The van der Waals surface area contributed by atoms with Crippen molar-refractivity contribution in [2.24, 2.45) is 0 Å². The molecule has 0 fully saturated rings. The summed E-state index contributed by atoms with van der Waals surface area (Å²) in [4.78, 5) is 25.0. The van der Waals surface area contributed by atoms with Crippen LogP contribution < -0.4 is 5.59 Å². The first-order valence-corrected chi connectivity index (χ1v) is 8.72. The van der Waals surface area contributed by atoms with Gasteiger partial charge in [0.25, 0.3) is 0 Å². The first-order valence-electron chi connectivity index (χ1n) is 8.72. The van der Waals surface area contributed by atoms with Gasteiger partial charge in [0.1, 0.15) is 5.60 Å². The summed E-state index contributed by atoms with van der Waals surface area (Å²) >= 11 is 0. The lowest BCUT2D eigenvalue weighted by Gasteiger charge is -2.21. The summed E-state index contributed by atoms with van der Waals surface area (Å²) in [5.74, 6) is -0.441. The van der Waals surface area contributed by atoms with Crippen LogP contribution in [0.15, 0.2) is 18.2 Å². The zero-order valence-corrected chi connectivity index (χ0v) is 16.8. The fraction of sp³-hybridized carbons (Fsp3) is 0.474. The minimum atomic E-state index is -1.33. The summed E-state index contributed by atoms with van der Waals surface area (Å²) < 4.78 is 16.6. The van der Waals surface area contributed by atoms with Crippen molar-refractivity contribution in [3.8, 4) is 0 Å². The zero-order valence-electron chi connectivity index (χ0n) is 16.8. The number of ether oxygens (including phenoxy) is 2. The molecule has 146 valence electrons. The minimum Gasteiger partial charge on any atom is -0.465 e. The van der Waals surface area contributed by atoms with Crippen molar-refractivity contribution in [2.75, 3.05) is 14.2 Å². The van der Waals surface area contributed by atoms with Gasteiger partial charge in [-0.15, -0.1) is 0 Å². The van der Waals surface area contributed by atoms with Gasteiger partial charge in [0.05, 0.1) is 23.8 Å². The molecule has 1 aromatic carbocycles. The number of methoxy groups -OCH3 is 1. The summed E-state index contributed by atoms with van der Waals surface area (Å²) in [6.45, 7) is 9.22. The van der Waals surface area contributed by atoms with Crippen LogP contribution in [0.25, 0.3) is 10.9 Å². The van der Waals surface area contributed by atoms with E-state index in [9.17, 15) is 14.6 Å². The van der Waals surface area contributed by atoms with Gasteiger partial charge in [-0.2, -0.15) is 0 Å². The van der Waals surface area contributed by atoms with E-state index in [1.54, 1.807) is 39.0 Å². The molecule has 0 radical (unpaired) electrons. The second-order valence-electron chi connectivity index (χ2n) is 7.62. The van der Waals surface area contributed by atoms with Crippen LogP contribution in [0.3, 0.4) is 0 Å². The molecule has 0 saturated heterocycles. The van der Waals surface area contributed by atoms with Gasteiger partial charge in [-0.25, -0.2) is 9.59 Å². The van der Waals surface area contributed by atoms with Crippen LogP contribution in [0, 0.1) is 0 Å². The van der Waals surface area contributed by atoms with Crippen molar-refractivity contribution >= 4 is 35.7 Å². The quantitative estimate of drug-likeness (QED) is 0.653. The molecule has 1 N–H and O–H groups in total. The summed E-state index contributed by atoms with van der Waals surface area (Å²) in [7, 11) is 1.31. The predicted octanol–water partition coefficient (Wildman–Crippen LogP) is 2.67. The first kappa shape index (κ1) is 21.0. The SMILES string of the molecule is COB(O)c1cc2c(C(C)C)cc(C(=O)OC)cc2n1C(=O)OC(C)(C)C. The van der Waals surface area contributed by atoms with E-state index in [1.807, 2.05) is 13.8 Å². The highest BCUT2D eigenvalue weighted by molar-refractivity contribution is 6.60. The van der Waals surface area contributed by atoms with Crippen LogP contribution in [0.5, 0.6) is 0 Å². The third kappa shape index (κ3) is 4.34. The molecule has 0 amide bonds. The Morgan fingerprint density at radius 1 is 1.15 bits per heavy atom. The molecule has 0 bridgehead atoms. The molecule has 8 heteroatoms. The number of rotatable bonds is 4. The maximum absolute atomic E-state index is 12.9. The molecule has 2 rings (SSSR count). The van der Waals surface area contributed by atoms with Crippen molar-refractivity contribution in [1.82, 2.24) is 4.57 Å². The molecule has 0 saturated carbocycles. The molecule has 27 heavy (non-hydrogen) atoms. The van der Waals surface area contributed by atoms with Crippen molar-refractivity contribution < 1.29 is 28.7 Å². The van der Waals surface area contributed by atoms with Crippen LogP contribution in [0.4, 0.5) is 4.79 Å². The number of aromatic nitrogens is 1. The number of fused-ring (bicyclic) bond motifs is 1. The van der Waals surface area contributed by atoms with Crippen molar-refractivity contribution in [1.29, 1.82) is 0 Å². The molecule has 1 heterocycles. The lowest BCUT2D eigenvalue weighted by atomic mass is 9.85. The van der Waals surface area contributed by atoms with Crippen LogP contribution in [-0.4, -0.2) is 48.6 Å². The van der Waals surface area contributed by atoms with E-state index >= 15 is 0 Å². The average Bonchev–Trinajstić information content (AvgIpc) is 2.97. The largest absolute Gasteiger partial charge is 0.509 e. The van der Waals surface area contributed by atoms with E-state index in [-0.39, 0.29) is 11.5 Å². The highest BCUT2D eigenvalue weighted by Gasteiger charge is 2.30. The molecular formula is C19H26BNO6. The molecular weight excluding hydrogens is 349 g/mol. The van der Waals surface area contributed by atoms with Crippen LogP contribution in [-0.2, 0) is 14.1 Å². The molecule has 2 aromatic rings. The van der Waals surface area contributed by atoms with Crippen LogP contribution >= 0.6 is 0 Å². The number of esters is 1. The zero-order chi connectivity index (χ0) is 20.5. The highest BCUT2D eigenvalue weighted by Crippen LogP contribution is 2.29. The molecule has 0 spiro atoms. The summed E-state index contributed by atoms with van der Waals surface area (Å²) in [6, 6.07) is 4.98.